The largest absolute Gasteiger partial charge is 0.491 e. The molecule has 1 aromatic rings. The molecule has 32 heavy (non-hydrogen) atoms. The molecule has 180 valence electrons. The third-order valence-corrected chi connectivity index (χ3v) is 8.80. The van der Waals surface area contributed by atoms with Crippen LogP contribution in [0.2, 0.25) is 0 Å². The number of fused-ring (bicyclic) bond motifs is 1. The van der Waals surface area contributed by atoms with Crippen LogP contribution in [0.1, 0.15) is 90.9 Å². The molecule has 0 spiro atoms. The number of hydrogen-bond donors (Lipinski definition) is 0. The molecule has 0 N–H and O–H groups in total. The summed E-state index contributed by atoms with van der Waals surface area (Å²) >= 11 is 0. The Kier molecular flexibility index (Phi) is 8.34. The van der Waals surface area contributed by atoms with E-state index >= 15 is 0 Å². The van der Waals surface area contributed by atoms with Gasteiger partial charge in [-0.3, -0.25) is 0 Å². The van der Waals surface area contributed by atoms with Gasteiger partial charge in [0, 0.05) is 0 Å². The van der Waals surface area contributed by atoms with Gasteiger partial charge in [0.2, 0.25) is 11.6 Å². The fourth-order valence-electron chi connectivity index (χ4n) is 7.05. The molecule has 3 aliphatic rings. The number of ether oxygens (including phenoxy) is 2. The normalized spacial score (nSPS) is 32.9. The summed E-state index contributed by atoms with van der Waals surface area (Å²) < 4.78 is 39.2. The Hall–Kier alpha value is -1.32. The highest BCUT2D eigenvalue weighted by Gasteiger charge is 2.38. The second-order valence-corrected chi connectivity index (χ2v) is 10.8. The maximum absolute atomic E-state index is 14.3. The Labute approximate surface area is 193 Å². The average Bonchev–Trinajstić information content (AvgIpc) is 2.82. The molecule has 0 amide bonds. The van der Waals surface area contributed by atoms with Gasteiger partial charge in [0.1, 0.15) is 0 Å². The van der Waals surface area contributed by atoms with Crippen molar-refractivity contribution in [2.45, 2.75) is 90.9 Å². The van der Waals surface area contributed by atoms with E-state index in [0.29, 0.717) is 19.1 Å². The van der Waals surface area contributed by atoms with E-state index in [4.69, 9.17) is 9.47 Å². The van der Waals surface area contributed by atoms with Gasteiger partial charge in [-0.25, -0.2) is 0 Å². The van der Waals surface area contributed by atoms with Crippen molar-refractivity contribution in [3.8, 4) is 11.5 Å². The summed E-state index contributed by atoms with van der Waals surface area (Å²) in [5, 5.41) is 0. The van der Waals surface area contributed by atoms with Crippen LogP contribution in [0.15, 0.2) is 12.1 Å². The van der Waals surface area contributed by atoms with E-state index < -0.39 is 11.6 Å². The molecule has 4 unspecified atom stereocenters. The summed E-state index contributed by atoms with van der Waals surface area (Å²) in [5.41, 5.74) is 0. The Balaban J connectivity index is 1.21. The van der Waals surface area contributed by atoms with Crippen LogP contribution in [0.3, 0.4) is 0 Å². The van der Waals surface area contributed by atoms with Crippen LogP contribution in [0.5, 0.6) is 11.5 Å². The fourth-order valence-corrected chi connectivity index (χ4v) is 7.05. The van der Waals surface area contributed by atoms with E-state index in [1.54, 1.807) is 6.92 Å². The lowest BCUT2D eigenvalue weighted by atomic mass is 9.60. The maximum Gasteiger partial charge on any atom is 0.204 e. The number of hydrogen-bond acceptors (Lipinski definition) is 2. The van der Waals surface area contributed by atoms with Crippen LogP contribution in [0, 0.1) is 47.1 Å². The molecule has 0 saturated heterocycles. The second kappa shape index (κ2) is 11.2. The highest BCUT2D eigenvalue weighted by molar-refractivity contribution is 5.35. The third-order valence-electron chi connectivity index (χ3n) is 8.80. The van der Waals surface area contributed by atoms with Crippen LogP contribution in [0.4, 0.5) is 8.78 Å². The minimum Gasteiger partial charge on any atom is -0.491 e. The van der Waals surface area contributed by atoms with Crippen molar-refractivity contribution in [1.82, 2.24) is 0 Å². The smallest absolute Gasteiger partial charge is 0.204 e. The molecule has 0 aromatic heterocycles. The van der Waals surface area contributed by atoms with E-state index in [2.05, 4.69) is 6.92 Å². The van der Waals surface area contributed by atoms with Crippen LogP contribution in [0.25, 0.3) is 0 Å². The first-order valence-electron chi connectivity index (χ1n) is 13.3. The van der Waals surface area contributed by atoms with Crippen LogP contribution in [-0.2, 0) is 0 Å². The predicted molar refractivity (Wildman–Crippen MR) is 125 cm³/mol. The highest BCUT2D eigenvalue weighted by Crippen LogP contribution is 2.49. The lowest BCUT2D eigenvalue weighted by Crippen LogP contribution is -2.35. The second-order valence-electron chi connectivity index (χ2n) is 10.8. The van der Waals surface area contributed by atoms with Gasteiger partial charge in [0.15, 0.2) is 11.5 Å². The Morgan fingerprint density at radius 3 is 1.88 bits per heavy atom. The van der Waals surface area contributed by atoms with Crippen molar-refractivity contribution in [2.75, 3.05) is 13.2 Å². The molecular formula is C28H42F2O2. The van der Waals surface area contributed by atoms with E-state index in [-0.39, 0.29) is 11.5 Å². The zero-order chi connectivity index (χ0) is 22.5. The van der Waals surface area contributed by atoms with Crippen LogP contribution in [-0.4, -0.2) is 13.2 Å². The third kappa shape index (κ3) is 5.59. The first-order valence-corrected chi connectivity index (χ1v) is 13.3. The molecular weight excluding hydrogens is 406 g/mol. The molecule has 1 aromatic carbocycles. The van der Waals surface area contributed by atoms with Gasteiger partial charge in [-0.15, -0.1) is 0 Å². The molecule has 3 fully saturated rings. The van der Waals surface area contributed by atoms with Crippen molar-refractivity contribution in [3.63, 3.8) is 0 Å². The number of benzene rings is 1. The summed E-state index contributed by atoms with van der Waals surface area (Å²) in [7, 11) is 0. The van der Waals surface area contributed by atoms with E-state index in [0.717, 1.165) is 42.4 Å². The summed E-state index contributed by atoms with van der Waals surface area (Å²) in [6.07, 6.45) is 16.4. The Morgan fingerprint density at radius 1 is 0.688 bits per heavy atom. The zero-order valence-corrected chi connectivity index (χ0v) is 20.1. The molecule has 4 rings (SSSR count). The minimum absolute atomic E-state index is 0.00470. The quantitative estimate of drug-likeness (QED) is 0.399. The summed E-state index contributed by atoms with van der Waals surface area (Å²) in [5.74, 6) is 3.28. The van der Waals surface area contributed by atoms with Gasteiger partial charge in [-0.05, 0) is 112 Å². The van der Waals surface area contributed by atoms with Crippen molar-refractivity contribution in [2.24, 2.45) is 35.5 Å². The molecule has 0 radical (unpaired) electrons. The molecule has 4 heteroatoms. The molecule has 0 bridgehead atoms. The maximum atomic E-state index is 14.3. The standard InChI is InChI=1S/C28H42F2O2/c1-3-5-19-6-11-24-17-23(13-12-22(24)16-19)21-9-7-20(8-10-21)18-32-26-15-14-25(31-4-2)27(29)28(26)30/h14-15,19-24H,3-13,16-18H2,1-2H3. The van der Waals surface area contributed by atoms with E-state index in [1.165, 1.54) is 76.3 Å². The number of rotatable bonds is 8. The first kappa shape index (κ1) is 23.8. The number of halogens is 2. The summed E-state index contributed by atoms with van der Waals surface area (Å²) in [6.45, 7) is 4.87. The molecule has 4 atom stereocenters. The zero-order valence-electron chi connectivity index (χ0n) is 20.1. The van der Waals surface area contributed by atoms with Crippen molar-refractivity contribution in [1.29, 1.82) is 0 Å². The predicted octanol–water partition coefficient (Wildman–Crippen LogP) is 8.18. The lowest BCUT2D eigenvalue weighted by Gasteiger charge is -2.45. The SMILES string of the molecule is CCCC1CCC2CC(C3CCC(COc4ccc(OCC)c(F)c4F)CC3)CCC2C1. The molecule has 3 saturated carbocycles. The van der Waals surface area contributed by atoms with Gasteiger partial charge in [0.25, 0.3) is 0 Å². The van der Waals surface area contributed by atoms with E-state index in [9.17, 15) is 8.78 Å². The summed E-state index contributed by atoms with van der Waals surface area (Å²) in [6, 6.07) is 2.95. The summed E-state index contributed by atoms with van der Waals surface area (Å²) in [4.78, 5) is 0. The lowest BCUT2D eigenvalue weighted by molar-refractivity contribution is 0.0544. The van der Waals surface area contributed by atoms with Gasteiger partial charge in [-0.1, -0.05) is 26.2 Å². The van der Waals surface area contributed by atoms with Gasteiger partial charge in [-0.2, -0.15) is 8.78 Å². The van der Waals surface area contributed by atoms with Crippen LogP contribution < -0.4 is 9.47 Å². The Bertz CT molecular complexity index is 728. The van der Waals surface area contributed by atoms with Crippen molar-refractivity contribution in [3.05, 3.63) is 23.8 Å². The average molecular weight is 449 g/mol. The van der Waals surface area contributed by atoms with Gasteiger partial charge < -0.3 is 9.47 Å². The fraction of sp³-hybridized carbons (Fsp3) is 0.786. The van der Waals surface area contributed by atoms with E-state index in [1.807, 2.05) is 0 Å². The van der Waals surface area contributed by atoms with Crippen molar-refractivity contribution >= 4 is 0 Å². The molecule has 0 aliphatic heterocycles. The Morgan fingerprint density at radius 2 is 1.22 bits per heavy atom. The highest BCUT2D eigenvalue weighted by atomic mass is 19.2. The van der Waals surface area contributed by atoms with Gasteiger partial charge >= 0.3 is 0 Å². The monoisotopic (exact) mass is 448 g/mol. The molecule has 0 heterocycles. The van der Waals surface area contributed by atoms with Crippen LogP contribution >= 0.6 is 0 Å². The topological polar surface area (TPSA) is 18.5 Å². The molecule has 3 aliphatic carbocycles. The van der Waals surface area contributed by atoms with Crippen molar-refractivity contribution < 1.29 is 18.3 Å². The minimum atomic E-state index is -0.951. The first-order chi connectivity index (χ1) is 15.6. The molecule has 2 nitrogen and oxygen atoms in total. The van der Waals surface area contributed by atoms with Gasteiger partial charge in [0.05, 0.1) is 13.2 Å².